The molecule has 2 rings (SSSR count). The third kappa shape index (κ3) is 3.05. The molecule has 1 aromatic rings. The van der Waals surface area contributed by atoms with E-state index in [9.17, 15) is 4.39 Å². The van der Waals surface area contributed by atoms with Gasteiger partial charge in [0.2, 0.25) is 0 Å². The van der Waals surface area contributed by atoms with Crippen LogP contribution in [-0.4, -0.2) is 12.4 Å². The molecule has 0 heterocycles. The minimum Gasteiger partial charge on any atom is -0.387 e. The molecule has 0 spiro atoms. The number of nitrogens with zero attached hydrogens (tertiary/aromatic N) is 1. The van der Waals surface area contributed by atoms with E-state index in [1.165, 1.54) is 18.9 Å². The molecule has 3 heteroatoms. The highest BCUT2D eigenvalue weighted by molar-refractivity contribution is 5.84. The Bertz CT molecular complexity index is 370. The summed E-state index contributed by atoms with van der Waals surface area (Å²) in [6, 6.07) is 6.62. The number of hydrogen-bond acceptors (Lipinski definition) is 1. The lowest BCUT2D eigenvalue weighted by atomic mass is 10.1. The fourth-order valence-electron chi connectivity index (χ4n) is 1.51. The van der Waals surface area contributed by atoms with Crippen LogP contribution < -0.4 is 5.73 Å². The van der Waals surface area contributed by atoms with E-state index in [0.29, 0.717) is 12.5 Å². The van der Waals surface area contributed by atoms with Gasteiger partial charge in [0.1, 0.15) is 5.82 Å². The largest absolute Gasteiger partial charge is 0.387 e. The van der Waals surface area contributed by atoms with Gasteiger partial charge in [0.05, 0.1) is 5.84 Å². The average molecular weight is 206 g/mol. The Labute approximate surface area is 89.0 Å². The summed E-state index contributed by atoms with van der Waals surface area (Å²) in [6.07, 6.45) is 3.11. The molecule has 1 fully saturated rings. The highest BCUT2D eigenvalue weighted by atomic mass is 19.1. The van der Waals surface area contributed by atoms with Crippen molar-refractivity contribution in [3.63, 3.8) is 0 Å². The van der Waals surface area contributed by atoms with Crippen LogP contribution >= 0.6 is 0 Å². The molecule has 80 valence electrons. The van der Waals surface area contributed by atoms with Gasteiger partial charge >= 0.3 is 0 Å². The molecule has 2 N–H and O–H groups in total. The number of nitrogens with two attached hydrogens (primary N) is 1. The van der Waals surface area contributed by atoms with Crippen molar-refractivity contribution in [2.45, 2.75) is 19.3 Å². The van der Waals surface area contributed by atoms with Gasteiger partial charge in [-0.05, 0) is 37.0 Å². The lowest BCUT2D eigenvalue weighted by molar-refractivity contribution is 0.625. The summed E-state index contributed by atoms with van der Waals surface area (Å²) in [4.78, 5) is 4.28. The molecule has 1 saturated carbocycles. The summed E-state index contributed by atoms with van der Waals surface area (Å²) in [5.41, 5.74) is 6.72. The van der Waals surface area contributed by atoms with Crippen LogP contribution in [-0.2, 0) is 6.42 Å². The second kappa shape index (κ2) is 4.43. The molecule has 0 amide bonds. The van der Waals surface area contributed by atoms with Crippen molar-refractivity contribution in [3.05, 3.63) is 35.6 Å². The van der Waals surface area contributed by atoms with Crippen molar-refractivity contribution in [1.29, 1.82) is 0 Å². The fraction of sp³-hybridized carbons (Fsp3) is 0.417. The standard InChI is InChI=1S/C12H15FN2/c13-11-3-1-2-9(8-11)6-7-15-12(14)10-4-5-10/h1-3,8,10H,4-7H2,(H2,14,15). The molecule has 1 aromatic carbocycles. The molecule has 0 radical (unpaired) electrons. The van der Waals surface area contributed by atoms with Crippen LogP contribution in [0.1, 0.15) is 18.4 Å². The first-order valence-corrected chi connectivity index (χ1v) is 5.30. The van der Waals surface area contributed by atoms with Crippen LogP contribution in [0.25, 0.3) is 0 Å². The lowest BCUT2D eigenvalue weighted by Gasteiger charge is -2.00. The normalized spacial score (nSPS) is 16.7. The summed E-state index contributed by atoms with van der Waals surface area (Å²) < 4.78 is 12.8. The highest BCUT2D eigenvalue weighted by Crippen LogP contribution is 2.28. The van der Waals surface area contributed by atoms with Crippen LogP contribution in [0.5, 0.6) is 0 Å². The van der Waals surface area contributed by atoms with Crippen LogP contribution in [0.4, 0.5) is 4.39 Å². The van der Waals surface area contributed by atoms with Gasteiger partial charge in [-0.2, -0.15) is 0 Å². The Hall–Kier alpha value is -1.38. The topological polar surface area (TPSA) is 38.4 Å². The molecule has 0 aromatic heterocycles. The molecule has 15 heavy (non-hydrogen) atoms. The Morgan fingerprint density at radius 3 is 2.93 bits per heavy atom. The number of benzene rings is 1. The molecule has 1 aliphatic carbocycles. The maximum atomic E-state index is 12.8. The van der Waals surface area contributed by atoms with Gasteiger partial charge in [0, 0.05) is 12.5 Å². The molecule has 0 atom stereocenters. The van der Waals surface area contributed by atoms with Crippen molar-refractivity contribution in [2.24, 2.45) is 16.6 Å². The van der Waals surface area contributed by atoms with Crippen LogP contribution in [0.3, 0.4) is 0 Å². The predicted octanol–water partition coefficient (Wildman–Crippen LogP) is 2.14. The molecule has 1 aliphatic rings. The Morgan fingerprint density at radius 2 is 2.27 bits per heavy atom. The van der Waals surface area contributed by atoms with E-state index in [1.807, 2.05) is 6.07 Å². The van der Waals surface area contributed by atoms with Gasteiger partial charge in [-0.3, -0.25) is 4.99 Å². The Morgan fingerprint density at radius 1 is 1.47 bits per heavy atom. The van der Waals surface area contributed by atoms with Crippen molar-refractivity contribution in [2.75, 3.05) is 6.54 Å². The van der Waals surface area contributed by atoms with Gasteiger partial charge in [-0.1, -0.05) is 12.1 Å². The van der Waals surface area contributed by atoms with Crippen molar-refractivity contribution >= 4 is 5.84 Å². The first kappa shape index (κ1) is 10.1. The van der Waals surface area contributed by atoms with E-state index >= 15 is 0 Å². The van der Waals surface area contributed by atoms with E-state index in [0.717, 1.165) is 17.8 Å². The number of aliphatic imine (C=N–C) groups is 1. The average Bonchev–Trinajstić information content (AvgIpc) is 3.00. The third-order valence-corrected chi connectivity index (χ3v) is 2.58. The van der Waals surface area contributed by atoms with Gasteiger partial charge < -0.3 is 5.73 Å². The Balaban J connectivity index is 1.85. The third-order valence-electron chi connectivity index (χ3n) is 2.58. The summed E-state index contributed by atoms with van der Waals surface area (Å²) in [5.74, 6) is 1.11. The van der Waals surface area contributed by atoms with E-state index in [4.69, 9.17) is 5.73 Å². The smallest absolute Gasteiger partial charge is 0.123 e. The monoisotopic (exact) mass is 206 g/mol. The first-order valence-electron chi connectivity index (χ1n) is 5.30. The van der Waals surface area contributed by atoms with Gasteiger partial charge in [-0.25, -0.2) is 4.39 Å². The van der Waals surface area contributed by atoms with Crippen LogP contribution in [0, 0.1) is 11.7 Å². The quantitative estimate of drug-likeness (QED) is 0.595. The summed E-state index contributed by atoms with van der Waals surface area (Å²) in [7, 11) is 0. The van der Waals surface area contributed by atoms with Gasteiger partial charge in [0.15, 0.2) is 0 Å². The second-order valence-electron chi connectivity index (χ2n) is 3.96. The fourth-order valence-corrected chi connectivity index (χ4v) is 1.51. The van der Waals surface area contributed by atoms with E-state index < -0.39 is 0 Å². The molecule has 0 aliphatic heterocycles. The molecular formula is C12H15FN2. The zero-order valence-corrected chi connectivity index (χ0v) is 8.62. The van der Waals surface area contributed by atoms with E-state index in [-0.39, 0.29) is 5.82 Å². The van der Waals surface area contributed by atoms with Crippen LogP contribution in [0.2, 0.25) is 0 Å². The number of amidine groups is 1. The maximum Gasteiger partial charge on any atom is 0.123 e. The number of hydrogen-bond donors (Lipinski definition) is 1. The van der Waals surface area contributed by atoms with Crippen molar-refractivity contribution in [1.82, 2.24) is 0 Å². The predicted molar refractivity (Wildman–Crippen MR) is 59.3 cm³/mol. The molecule has 0 saturated heterocycles. The highest BCUT2D eigenvalue weighted by Gasteiger charge is 2.24. The first-order chi connectivity index (χ1) is 7.25. The van der Waals surface area contributed by atoms with Gasteiger partial charge in [-0.15, -0.1) is 0 Å². The number of rotatable bonds is 4. The molecular weight excluding hydrogens is 191 g/mol. The van der Waals surface area contributed by atoms with E-state index in [1.54, 1.807) is 12.1 Å². The SMILES string of the molecule is NC(=NCCc1cccc(F)c1)C1CC1. The lowest BCUT2D eigenvalue weighted by Crippen LogP contribution is -2.14. The molecule has 0 bridgehead atoms. The zero-order valence-electron chi connectivity index (χ0n) is 8.62. The second-order valence-corrected chi connectivity index (χ2v) is 3.96. The summed E-state index contributed by atoms with van der Waals surface area (Å²) >= 11 is 0. The zero-order chi connectivity index (χ0) is 10.7. The van der Waals surface area contributed by atoms with Gasteiger partial charge in [0.25, 0.3) is 0 Å². The minimum atomic E-state index is -0.188. The van der Waals surface area contributed by atoms with E-state index in [2.05, 4.69) is 4.99 Å². The summed E-state index contributed by atoms with van der Waals surface area (Å²) in [5, 5.41) is 0. The molecule has 2 nitrogen and oxygen atoms in total. The van der Waals surface area contributed by atoms with Crippen LogP contribution in [0.15, 0.2) is 29.3 Å². The molecule has 0 unspecified atom stereocenters. The minimum absolute atomic E-state index is 0.188. The summed E-state index contributed by atoms with van der Waals surface area (Å²) in [6.45, 7) is 0.659. The van der Waals surface area contributed by atoms with Crippen molar-refractivity contribution in [3.8, 4) is 0 Å². The number of halogens is 1. The Kier molecular flexibility index (Phi) is 2.99. The van der Waals surface area contributed by atoms with Crippen molar-refractivity contribution < 1.29 is 4.39 Å². The maximum absolute atomic E-state index is 12.8.